The molecule has 2 N–H and O–H groups in total. The molecule has 10 heteroatoms. The van der Waals surface area contributed by atoms with Crippen molar-refractivity contribution in [3.63, 3.8) is 0 Å². The topological polar surface area (TPSA) is 96.7 Å². The van der Waals surface area contributed by atoms with Gasteiger partial charge in [0.15, 0.2) is 0 Å². The second-order valence-electron chi connectivity index (χ2n) is 8.67. The molecule has 0 bridgehead atoms. The average molecular weight is 419 g/mol. The number of piperidine rings is 1. The number of hydrogen-bond acceptors (Lipinski definition) is 4. The molecule has 7 nitrogen and oxygen atoms in total. The summed E-state index contributed by atoms with van der Waals surface area (Å²) in [4.78, 5) is 12.8. The molecule has 1 spiro atoms. The number of carbonyl (C=O) groups excluding carboxylic acids is 1. The van der Waals surface area contributed by atoms with E-state index in [2.05, 4.69) is 5.32 Å². The van der Waals surface area contributed by atoms with Gasteiger partial charge in [0.1, 0.15) is 11.6 Å². The van der Waals surface area contributed by atoms with Gasteiger partial charge in [0.05, 0.1) is 6.07 Å². The number of nitrogens with zero attached hydrogens (tertiary/aromatic N) is 3. The number of halogens is 2. The quantitative estimate of drug-likeness (QED) is 0.620. The highest BCUT2D eigenvalue weighted by Crippen LogP contribution is 2.46. The van der Waals surface area contributed by atoms with E-state index >= 15 is 0 Å². The van der Waals surface area contributed by atoms with Gasteiger partial charge in [-0.15, -0.1) is 4.41 Å². The lowest BCUT2D eigenvalue weighted by atomic mass is 9.77. The van der Waals surface area contributed by atoms with Crippen LogP contribution in [0.25, 0.3) is 0 Å². The number of hydrazine groups is 1. The van der Waals surface area contributed by atoms with Crippen LogP contribution >= 0.6 is 0 Å². The molecular weight excluding hydrogens is 390 g/mol. The Bertz CT molecular complexity index is 659. The molecule has 2 aliphatic carbocycles. The predicted molar refractivity (Wildman–Crippen MR) is 99.1 cm³/mol. The Morgan fingerprint density at radius 3 is 2.29 bits per heavy atom. The maximum atomic E-state index is 13.8. The number of nitrogens with one attached hydrogen (secondary N) is 1. The molecule has 1 saturated heterocycles. The van der Waals surface area contributed by atoms with Crippen LogP contribution in [-0.4, -0.2) is 54.7 Å². The summed E-state index contributed by atoms with van der Waals surface area (Å²) in [6, 6.07) is 0.473. The molecule has 2 unspecified atom stereocenters. The highest BCUT2D eigenvalue weighted by Gasteiger charge is 2.49. The molecule has 0 aromatic heterocycles. The second-order valence-corrected chi connectivity index (χ2v) is 9.50. The zero-order valence-corrected chi connectivity index (χ0v) is 16.9. The summed E-state index contributed by atoms with van der Waals surface area (Å²) in [6.45, 7) is 1.59. The standard InChI is InChI=1S/C18H28F2N4O3S/c1-16(19,20)12-14(15(25)22-18(13-21)6-7-18)24(28(26)27)23-10-8-17(9-11-23)4-2-3-5-17/h14H,2-12H2,1H3,(H,22,25)(H,26,27). The molecule has 0 aromatic carbocycles. The fraction of sp³-hybridized carbons (Fsp3) is 0.889. The first kappa shape index (κ1) is 21.6. The Balaban J connectivity index is 1.77. The minimum atomic E-state index is -3.20. The summed E-state index contributed by atoms with van der Waals surface area (Å²) in [5.41, 5.74) is -0.790. The van der Waals surface area contributed by atoms with Crippen molar-refractivity contribution in [2.45, 2.75) is 82.2 Å². The van der Waals surface area contributed by atoms with E-state index in [1.54, 1.807) is 5.01 Å². The van der Waals surface area contributed by atoms with E-state index in [1.807, 2.05) is 6.07 Å². The van der Waals surface area contributed by atoms with Crippen molar-refractivity contribution >= 4 is 17.2 Å². The summed E-state index contributed by atoms with van der Waals surface area (Å²) < 4.78 is 50.5. The van der Waals surface area contributed by atoms with Crippen LogP contribution in [0.4, 0.5) is 8.78 Å². The van der Waals surface area contributed by atoms with E-state index in [9.17, 15) is 27.6 Å². The van der Waals surface area contributed by atoms with Gasteiger partial charge in [0, 0.05) is 19.5 Å². The lowest BCUT2D eigenvalue weighted by molar-refractivity contribution is -0.137. The van der Waals surface area contributed by atoms with Crippen molar-refractivity contribution < 1.29 is 22.3 Å². The van der Waals surface area contributed by atoms with Crippen LogP contribution in [0.5, 0.6) is 0 Å². The molecular formula is C18H28F2N4O3S. The molecule has 0 aromatic rings. The van der Waals surface area contributed by atoms with Gasteiger partial charge in [-0.3, -0.25) is 9.35 Å². The van der Waals surface area contributed by atoms with Crippen molar-refractivity contribution in [2.75, 3.05) is 13.1 Å². The van der Waals surface area contributed by atoms with Gasteiger partial charge in [-0.05, 0) is 50.9 Å². The van der Waals surface area contributed by atoms with Gasteiger partial charge < -0.3 is 5.32 Å². The summed E-state index contributed by atoms with van der Waals surface area (Å²) in [6.07, 6.45) is 6.28. The molecule has 0 radical (unpaired) electrons. The number of rotatable bonds is 7. The maximum absolute atomic E-state index is 13.8. The minimum absolute atomic E-state index is 0.241. The van der Waals surface area contributed by atoms with E-state index in [1.165, 1.54) is 12.8 Å². The Morgan fingerprint density at radius 2 is 1.86 bits per heavy atom. The third-order valence-electron chi connectivity index (χ3n) is 6.35. The Kier molecular flexibility index (Phi) is 6.11. The predicted octanol–water partition coefficient (Wildman–Crippen LogP) is 2.58. The van der Waals surface area contributed by atoms with Crippen LogP contribution in [-0.2, 0) is 16.1 Å². The molecule has 158 valence electrons. The van der Waals surface area contributed by atoms with Gasteiger partial charge in [-0.1, -0.05) is 12.8 Å². The third kappa shape index (κ3) is 4.87. The van der Waals surface area contributed by atoms with Crippen LogP contribution in [0, 0.1) is 16.7 Å². The zero-order chi connectivity index (χ0) is 20.6. The monoisotopic (exact) mass is 418 g/mol. The normalized spacial score (nSPS) is 26.0. The molecule has 3 fully saturated rings. The van der Waals surface area contributed by atoms with Crippen molar-refractivity contribution in [3.05, 3.63) is 0 Å². The summed E-state index contributed by atoms with van der Waals surface area (Å²) in [5.74, 6) is -4.00. The van der Waals surface area contributed by atoms with Crippen LogP contribution in [0.3, 0.4) is 0 Å². The zero-order valence-electron chi connectivity index (χ0n) is 16.1. The number of hydrogen-bond donors (Lipinski definition) is 2. The number of amides is 1. The van der Waals surface area contributed by atoms with Gasteiger partial charge in [0.25, 0.3) is 0 Å². The van der Waals surface area contributed by atoms with E-state index < -0.39 is 41.1 Å². The molecule has 3 rings (SSSR count). The highest BCUT2D eigenvalue weighted by atomic mass is 32.2. The van der Waals surface area contributed by atoms with Gasteiger partial charge >= 0.3 is 0 Å². The maximum Gasteiger partial charge on any atom is 0.249 e. The fourth-order valence-corrected chi connectivity index (χ4v) is 5.26. The molecule has 3 aliphatic rings. The number of carbonyl (C=O) groups is 1. The van der Waals surface area contributed by atoms with E-state index in [4.69, 9.17) is 0 Å². The smallest absolute Gasteiger partial charge is 0.249 e. The molecule has 28 heavy (non-hydrogen) atoms. The Hall–Kier alpha value is -1.15. The molecule has 1 amide bonds. The van der Waals surface area contributed by atoms with Crippen LogP contribution in [0.2, 0.25) is 0 Å². The van der Waals surface area contributed by atoms with Gasteiger partial charge in [-0.25, -0.2) is 18.0 Å². The molecule has 1 heterocycles. The summed E-state index contributed by atoms with van der Waals surface area (Å²) in [7, 11) is 0. The number of nitriles is 1. The molecule has 2 atom stereocenters. The highest BCUT2D eigenvalue weighted by molar-refractivity contribution is 7.76. The minimum Gasteiger partial charge on any atom is -0.336 e. The Morgan fingerprint density at radius 1 is 1.29 bits per heavy atom. The van der Waals surface area contributed by atoms with Crippen LogP contribution in [0.1, 0.15) is 64.7 Å². The molecule has 2 saturated carbocycles. The van der Waals surface area contributed by atoms with Crippen molar-refractivity contribution in [2.24, 2.45) is 5.41 Å². The van der Waals surface area contributed by atoms with Crippen molar-refractivity contribution in [1.29, 1.82) is 5.26 Å². The van der Waals surface area contributed by atoms with Crippen LogP contribution in [0.15, 0.2) is 0 Å². The largest absolute Gasteiger partial charge is 0.336 e. The lowest BCUT2D eigenvalue weighted by Crippen LogP contribution is -2.60. The third-order valence-corrected chi connectivity index (χ3v) is 7.16. The van der Waals surface area contributed by atoms with Crippen molar-refractivity contribution in [3.8, 4) is 6.07 Å². The van der Waals surface area contributed by atoms with Gasteiger partial charge in [0.2, 0.25) is 23.1 Å². The lowest BCUT2D eigenvalue weighted by Gasteiger charge is -2.44. The first-order valence-corrected chi connectivity index (χ1v) is 10.9. The number of alkyl halides is 2. The first-order chi connectivity index (χ1) is 13.1. The van der Waals surface area contributed by atoms with E-state index in [-0.39, 0.29) is 5.41 Å². The average Bonchev–Trinajstić information content (AvgIpc) is 3.24. The Labute approximate surface area is 166 Å². The fourth-order valence-electron chi connectivity index (χ4n) is 4.52. The van der Waals surface area contributed by atoms with Crippen LogP contribution < -0.4 is 5.32 Å². The summed E-state index contributed by atoms with van der Waals surface area (Å²) >= 11 is -2.63. The van der Waals surface area contributed by atoms with E-state index in [0.717, 1.165) is 30.1 Å². The van der Waals surface area contributed by atoms with Crippen molar-refractivity contribution in [1.82, 2.24) is 14.7 Å². The van der Waals surface area contributed by atoms with E-state index in [0.29, 0.717) is 32.9 Å². The second kappa shape index (κ2) is 7.94. The molecule has 1 aliphatic heterocycles. The SMILES string of the molecule is CC(F)(F)CC(C(=O)NC1(C#N)CC1)N(N1CCC2(CCCC2)CC1)S(=O)O. The first-order valence-electron chi connectivity index (χ1n) is 9.85. The summed E-state index contributed by atoms with van der Waals surface area (Å²) in [5, 5.41) is 13.3. The van der Waals surface area contributed by atoms with Gasteiger partial charge in [-0.2, -0.15) is 5.26 Å².